The van der Waals surface area contributed by atoms with E-state index in [0.717, 1.165) is 22.2 Å². The second-order valence-electron chi connectivity index (χ2n) is 4.47. The van der Waals surface area contributed by atoms with Crippen molar-refractivity contribution >= 4 is 41.6 Å². The average Bonchev–Trinajstić information content (AvgIpc) is 2.27. The quantitative estimate of drug-likeness (QED) is 0.927. The van der Waals surface area contributed by atoms with Crippen LogP contribution in [0, 0.1) is 6.92 Å². The van der Waals surface area contributed by atoms with Crippen molar-refractivity contribution in [3.63, 3.8) is 0 Å². The molecule has 0 saturated heterocycles. The number of primary amides is 1. The highest BCUT2D eigenvalue weighted by Crippen LogP contribution is 2.23. The Balaban J connectivity index is 0.00000162. The number of nitrogens with zero attached hydrogens (tertiary/aromatic N) is 2. The fourth-order valence-electron chi connectivity index (χ4n) is 1.82. The van der Waals surface area contributed by atoms with Crippen LogP contribution in [0.4, 0.5) is 0 Å². The van der Waals surface area contributed by atoms with Gasteiger partial charge in [0, 0.05) is 5.39 Å². The van der Waals surface area contributed by atoms with Gasteiger partial charge < -0.3 is 5.73 Å². The van der Waals surface area contributed by atoms with Gasteiger partial charge in [-0.2, -0.15) is 0 Å². The van der Waals surface area contributed by atoms with Crippen molar-refractivity contribution in [2.45, 2.75) is 26.7 Å². The number of hydrogen-bond donors (Lipinski definition) is 1. The molecule has 2 aromatic rings. The molecule has 1 heterocycles. The van der Waals surface area contributed by atoms with E-state index >= 15 is 0 Å². The summed E-state index contributed by atoms with van der Waals surface area (Å²) in [5.74, 6) is -0.278. The van der Waals surface area contributed by atoms with Crippen molar-refractivity contribution < 1.29 is 4.79 Å². The molecule has 0 radical (unpaired) electrons. The maximum atomic E-state index is 11.2. The summed E-state index contributed by atoms with van der Waals surface area (Å²) in [5.41, 5.74) is 8.02. The second-order valence-corrected chi connectivity index (χ2v) is 4.47. The Morgan fingerprint density at radius 3 is 2.37 bits per heavy atom. The molecule has 0 spiro atoms. The van der Waals surface area contributed by atoms with Gasteiger partial charge in [0.1, 0.15) is 0 Å². The van der Waals surface area contributed by atoms with Gasteiger partial charge in [0.15, 0.2) is 0 Å². The number of aryl methyl sites for hydroxylation is 1. The molecular weight excluding hydrogens is 285 g/mol. The first-order chi connectivity index (χ1) is 7.99. The second kappa shape index (κ2) is 6.68. The molecule has 0 saturated carbocycles. The SMILES string of the molecule is Cc1ccc2nc(C(N)=O)nc(C(C)C)c2c1.Cl.Cl. The lowest BCUT2D eigenvalue weighted by molar-refractivity contribution is 0.0990. The first-order valence-corrected chi connectivity index (χ1v) is 5.57. The van der Waals surface area contributed by atoms with Crippen LogP contribution in [-0.4, -0.2) is 15.9 Å². The average molecular weight is 302 g/mol. The number of carbonyl (C=O) groups excluding carboxylic acids is 1. The van der Waals surface area contributed by atoms with Gasteiger partial charge in [0.2, 0.25) is 5.82 Å². The fraction of sp³-hybridized carbons (Fsp3) is 0.308. The number of benzene rings is 1. The van der Waals surface area contributed by atoms with E-state index in [1.165, 1.54) is 0 Å². The lowest BCUT2D eigenvalue weighted by Gasteiger charge is -2.10. The zero-order chi connectivity index (χ0) is 12.6. The molecule has 2 rings (SSSR count). The van der Waals surface area contributed by atoms with Crippen LogP contribution < -0.4 is 5.73 Å². The van der Waals surface area contributed by atoms with E-state index in [4.69, 9.17) is 5.73 Å². The maximum absolute atomic E-state index is 11.2. The third-order valence-electron chi connectivity index (χ3n) is 2.65. The van der Waals surface area contributed by atoms with Gasteiger partial charge in [0.25, 0.3) is 5.91 Å². The van der Waals surface area contributed by atoms with Crippen molar-refractivity contribution in [3.05, 3.63) is 35.3 Å². The van der Waals surface area contributed by atoms with Crippen LogP contribution >= 0.6 is 24.8 Å². The number of rotatable bonds is 2. The van der Waals surface area contributed by atoms with E-state index < -0.39 is 5.91 Å². The summed E-state index contributed by atoms with van der Waals surface area (Å²) in [5, 5.41) is 0.991. The monoisotopic (exact) mass is 301 g/mol. The first kappa shape index (κ1) is 17.6. The van der Waals surface area contributed by atoms with Crippen LogP contribution in [0.5, 0.6) is 0 Å². The third-order valence-corrected chi connectivity index (χ3v) is 2.65. The minimum absolute atomic E-state index is 0. The van der Waals surface area contributed by atoms with Gasteiger partial charge in [-0.05, 0) is 25.0 Å². The van der Waals surface area contributed by atoms with Crippen LogP contribution in [0.1, 0.15) is 41.6 Å². The Morgan fingerprint density at radius 1 is 1.21 bits per heavy atom. The Morgan fingerprint density at radius 2 is 1.84 bits per heavy atom. The summed E-state index contributed by atoms with van der Waals surface area (Å²) in [4.78, 5) is 19.6. The third kappa shape index (κ3) is 3.55. The van der Waals surface area contributed by atoms with Gasteiger partial charge in [-0.15, -0.1) is 24.8 Å². The molecule has 104 valence electrons. The normalized spacial score (nSPS) is 9.89. The highest BCUT2D eigenvalue weighted by Gasteiger charge is 2.13. The van der Waals surface area contributed by atoms with Crippen LogP contribution in [-0.2, 0) is 0 Å². The van der Waals surface area contributed by atoms with E-state index in [1.54, 1.807) is 0 Å². The molecule has 6 heteroatoms. The Bertz CT molecular complexity index is 600. The molecule has 0 bridgehead atoms. The molecule has 0 aliphatic rings. The molecule has 0 aliphatic heterocycles. The molecule has 19 heavy (non-hydrogen) atoms. The highest BCUT2D eigenvalue weighted by atomic mass is 35.5. The number of aromatic nitrogens is 2. The Kier molecular flexibility index (Phi) is 6.19. The summed E-state index contributed by atoms with van der Waals surface area (Å²) >= 11 is 0. The van der Waals surface area contributed by atoms with E-state index in [2.05, 4.69) is 9.97 Å². The molecule has 0 aliphatic carbocycles. The van der Waals surface area contributed by atoms with Crippen molar-refractivity contribution in [1.29, 1.82) is 0 Å². The number of nitrogens with two attached hydrogens (primary N) is 1. The number of amides is 1. The summed E-state index contributed by atoms with van der Waals surface area (Å²) in [7, 11) is 0. The topological polar surface area (TPSA) is 68.9 Å². The van der Waals surface area contributed by atoms with Gasteiger partial charge in [-0.25, -0.2) is 9.97 Å². The summed E-state index contributed by atoms with van der Waals surface area (Å²) < 4.78 is 0. The van der Waals surface area contributed by atoms with Crippen LogP contribution in [0.3, 0.4) is 0 Å². The van der Waals surface area contributed by atoms with Gasteiger partial charge in [0.05, 0.1) is 11.2 Å². The molecule has 0 fully saturated rings. The van der Waals surface area contributed by atoms with Crippen LogP contribution in [0.2, 0.25) is 0 Å². The minimum Gasteiger partial charge on any atom is -0.363 e. The summed E-state index contributed by atoms with van der Waals surface area (Å²) in [6, 6.07) is 5.89. The zero-order valence-corrected chi connectivity index (χ0v) is 12.6. The Labute approximate surface area is 124 Å². The number of fused-ring (bicyclic) bond motifs is 1. The standard InChI is InChI=1S/C13H15N3O.2ClH/c1-7(2)11-9-6-8(3)4-5-10(9)15-13(16-11)12(14)17;;/h4-7H,1-3H3,(H2,14,17);2*1H. The highest BCUT2D eigenvalue weighted by molar-refractivity contribution is 5.92. The molecule has 1 aromatic carbocycles. The van der Waals surface area contributed by atoms with Crippen molar-refractivity contribution in [3.8, 4) is 0 Å². The number of hydrogen-bond acceptors (Lipinski definition) is 3. The molecule has 2 N–H and O–H groups in total. The molecule has 1 amide bonds. The predicted molar refractivity (Wildman–Crippen MR) is 81.4 cm³/mol. The Hall–Kier alpha value is -1.39. The molecule has 0 atom stereocenters. The summed E-state index contributed by atoms with van der Waals surface area (Å²) in [6.45, 7) is 6.09. The fourth-order valence-corrected chi connectivity index (χ4v) is 1.82. The predicted octanol–water partition coefficient (Wildman–Crippen LogP) is 3.00. The minimum atomic E-state index is -0.589. The summed E-state index contributed by atoms with van der Waals surface area (Å²) in [6.07, 6.45) is 0. The van der Waals surface area contributed by atoms with E-state index in [-0.39, 0.29) is 36.6 Å². The smallest absolute Gasteiger partial charge is 0.286 e. The van der Waals surface area contributed by atoms with E-state index in [0.29, 0.717) is 0 Å². The molecule has 1 aromatic heterocycles. The molecule has 4 nitrogen and oxygen atoms in total. The number of carbonyl (C=O) groups is 1. The van der Waals surface area contributed by atoms with E-state index in [1.807, 2.05) is 39.0 Å². The van der Waals surface area contributed by atoms with Crippen molar-refractivity contribution in [2.24, 2.45) is 5.73 Å². The lowest BCUT2D eigenvalue weighted by Crippen LogP contribution is -2.17. The van der Waals surface area contributed by atoms with Crippen LogP contribution in [0.25, 0.3) is 10.9 Å². The largest absolute Gasteiger partial charge is 0.363 e. The van der Waals surface area contributed by atoms with Gasteiger partial charge in [-0.3, -0.25) is 4.79 Å². The van der Waals surface area contributed by atoms with E-state index in [9.17, 15) is 4.79 Å². The van der Waals surface area contributed by atoms with Gasteiger partial charge >= 0.3 is 0 Å². The van der Waals surface area contributed by atoms with Crippen molar-refractivity contribution in [2.75, 3.05) is 0 Å². The number of halogens is 2. The van der Waals surface area contributed by atoms with Crippen molar-refractivity contribution in [1.82, 2.24) is 9.97 Å². The van der Waals surface area contributed by atoms with Crippen LogP contribution in [0.15, 0.2) is 18.2 Å². The van der Waals surface area contributed by atoms with Gasteiger partial charge in [-0.1, -0.05) is 25.5 Å². The maximum Gasteiger partial charge on any atom is 0.286 e. The molecule has 0 unspecified atom stereocenters. The first-order valence-electron chi connectivity index (χ1n) is 5.57. The molecular formula is C13H17Cl2N3O. The zero-order valence-electron chi connectivity index (χ0n) is 11.0. The lowest BCUT2D eigenvalue weighted by atomic mass is 10.0.